The van der Waals surface area contributed by atoms with Gasteiger partial charge in [0, 0.05) is 0 Å². The molecule has 2 N–H and O–H groups in total. The predicted octanol–water partition coefficient (Wildman–Crippen LogP) is 0.269. The summed E-state index contributed by atoms with van der Waals surface area (Å²) < 4.78 is 4.61. The van der Waals surface area contributed by atoms with Crippen LogP contribution in [0.1, 0.15) is 27.1 Å². The number of aliphatic hydroxyl groups is 1. The highest BCUT2D eigenvalue weighted by molar-refractivity contribution is 6.05. The highest BCUT2D eigenvalue weighted by Gasteiger charge is 2.32. The summed E-state index contributed by atoms with van der Waals surface area (Å²) in [6.45, 7) is 0.0197. The second-order valence-electron chi connectivity index (χ2n) is 4.39. The fourth-order valence-electron chi connectivity index (χ4n) is 2.09. The maximum Gasteiger partial charge on any atom is 0.339 e. The quantitative estimate of drug-likeness (QED) is 0.769. The van der Waals surface area contributed by atoms with Crippen LogP contribution in [0, 0.1) is 0 Å². The normalized spacial score (nSPS) is 18.2. The van der Waals surface area contributed by atoms with Crippen molar-refractivity contribution < 1.29 is 29.3 Å². The Balaban J connectivity index is 2.52. The minimum Gasteiger partial charge on any atom is -0.478 e. The Labute approximate surface area is 114 Å². The molecule has 1 unspecified atom stereocenters. The number of carbonyl (C=O) groups excluding carboxylic acids is 2. The molecule has 1 amide bonds. The minimum absolute atomic E-state index is 0.0197. The van der Waals surface area contributed by atoms with E-state index in [2.05, 4.69) is 4.74 Å². The molecule has 1 aliphatic heterocycles. The van der Waals surface area contributed by atoms with Crippen LogP contribution in [0.2, 0.25) is 0 Å². The number of esters is 1. The van der Waals surface area contributed by atoms with Crippen LogP contribution >= 0.6 is 0 Å². The third-order valence-electron chi connectivity index (χ3n) is 3.05. The van der Waals surface area contributed by atoms with Gasteiger partial charge in [-0.15, -0.1) is 0 Å². The molecule has 0 aliphatic carbocycles. The molecule has 0 spiro atoms. The van der Waals surface area contributed by atoms with Crippen molar-refractivity contribution in [3.05, 3.63) is 29.3 Å². The van der Waals surface area contributed by atoms with Crippen molar-refractivity contribution in [2.45, 2.75) is 12.5 Å². The van der Waals surface area contributed by atoms with E-state index in [1.165, 1.54) is 30.2 Å². The van der Waals surface area contributed by atoms with Crippen molar-refractivity contribution in [1.29, 1.82) is 0 Å². The van der Waals surface area contributed by atoms with Crippen LogP contribution in [-0.2, 0) is 9.53 Å². The Kier molecular flexibility index (Phi) is 3.71. The summed E-state index contributed by atoms with van der Waals surface area (Å²) in [5, 5.41) is 18.5. The van der Waals surface area contributed by atoms with Crippen molar-refractivity contribution in [3.8, 4) is 0 Å². The lowest BCUT2D eigenvalue weighted by molar-refractivity contribution is -0.117. The van der Waals surface area contributed by atoms with Crippen LogP contribution in [0.4, 0.5) is 5.69 Å². The van der Waals surface area contributed by atoms with E-state index >= 15 is 0 Å². The fraction of sp³-hybridized carbons (Fsp3) is 0.308. The van der Waals surface area contributed by atoms with Gasteiger partial charge in [0.05, 0.1) is 43.0 Å². The summed E-state index contributed by atoms with van der Waals surface area (Å²) in [4.78, 5) is 35.7. The molecule has 1 atom stereocenters. The number of aliphatic hydroxyl groups excluding tert-OH is 1. The molecule has 0 aromatic heterocycles. The molecular formula is C13H13NO6. The maximum absolute atomic E-state index is 11.8. The number of anilines is 1. The summed E-state index contributed by atoms with van der Waals surface area (Å²) in [5.74, 6) is -2.22. The van der Waals surface area contributed by atoms with E-state index in [0.29, 0.717) is 0 Å². The molecule has 0 saturated carbocycles. The van der Waals surface area contributed by atoms with E-state index in [-0.39, 0.29) is 35.7 Å². The lowest BCUT2D eigenvalue weighted by atomic mass is 10.1. The first-order valence-corrected chi connectivity index (χ1v) is 5.88. The van der Waals surface area contributed by atoms with Gasteiger partial charge in [-0.25, -0.2) is 9.59 Å². The van der Waals surface area contributed by atoms with Crippen molar-refractivity contribution in [3.63, 3.8) is 0 Å². The largest absolute Gasteiger partial charge is 0.478 e. The van der Waals surface area contributed by atoms with Gasteiger partial charge < -0.3 is 19.8 Å². The molecule has 1 aromatic carbocycles. The number of hydrogen-bond donors (Lipinski definition) is 2. The molecule has 7 heteroatoms. The van der Waals surface area contributed by atoms with Crippen molar-refractivity contribution in [2.75, 3.05) is 18.6 Å². The second kappa shape index (κ2) is 5.30. The number of carboxylic acids is 1. The second-order valence-corrected chi connectivity index (χ2v) is 4.39. The van der Waals surface area contributed by atoms with Gasteiger partial charge in [0.15, 0.2) is 0 Å². The van der Waals surface area contributed by atoms with Gasteiger partial charge in [-0.1, -0.05) is 0 Å². The monoisotopic (exact) mass is 279 g/mol. The summed E-state index contributed by atoms with van der Waals surface area (Å²) in [6, 6.07) is 3.78. The molecule has 1 aromatic rings. The lowest BCUT2D eigenvalue weighted by Crippen LogP contribution is -2.27. The minimum atomic E-state index is -1.17. The molecule has 1 aliphatic rings. The zero-order valence-corrected chi connectivity index (χ0v) is 10.7. The number of β-amino-alcohol motifs (C(OH)–C–C–N with tert-alkyl or cyclic N) is 1. The average molecular weight is 279 g/mol. The number of amides is 1. The zero-order chi connectivity index (χ0) is 14.9. The van der Waals surface area contributed by atoms with Crippen molar-refractivity contribution >= 4 is 23.5 Å². The molecule has 0 bridgehead atoms. The highest BCUT2D eigenvalue weighted by atomic mass is 16.5. The number of ether oxygens (including phenoxy) is 1. The van der Waals surface area contributed by atoms with E-state index < -0.39 is 18.0 Å². The number of nitrogens with zero attached hydrogens (tertiary/aromatic N) is 1. The summed E-state index contributed by atoms with van der Waals surface area (Å²) in [6.07, 6.45) is -0.890. The van der Waals surface area contributed by atoms with Gasteiger partial charge in [-0.3, -0.25) is 4.79 Å². The van der Waals surface area contributed by atoms with E-state index in [1.54, 1.807) is 0 Å². The van der Waals surface area contributed by atoms with Crippen LogP contribution in [-0.4, -0.2) is 47.8 Å². The van der Waals surface area contributed by atoms with Gasteiger partial charge in [-0.2, -0.15) is 0 Å². The third kappa shape index (κ3) is 2.48. The smallest absolute Gasteiger partial charge is 0.339 e. The number of carboxylic acid groups (broad SMARTS) is 1. The Morgan fingerprint density at radius 2 is 2.10 bits per heavy atom. The number of hydrogen-bond acceptors (Lipinski definition) is 5. The molecule has 1 heterocycles. The number of benzene rings is 1. The van der Waals surface area contributed by atoms with Crippen molar-refractivity contribution in [1.82, 2.24) is 0 Å². The van der Waals surface area contributed by atoms with Gasteiger partial charge in [0.2, 0.25) is 5.91 Å². The van der Waals surface area contributed by atoms with Gasteiger partial charge in [0.25, 0.3) is 0 Å². The predicted molar refractivity (Wildman–Crippen MR) is 67.7 cm³/mol. The molecule has 0 radical (unpaired) electrons. The number of carbonyl (C=O) groups is 3. The first kappa shape index (κ1) is 14.0. The summed E-state index contributed by atoms with van der Waals surface area (Å²) >= 11 is 0. The maximum atomic E-state index is 11.8. The van der Waals surface area contributed by atoms with Crippen LogP contribution in [0.15, 0.2) is 18.2 Å². The first-order valence-electron chi connectivity index (χ1n) is 5.88. The standard InChI is InChI=1S/C13H13NO6/c1-20-13(19)9-3-2-7(12(17)18)4-10(9)14-6-8(15)5-11(14)16/h2-4,8,15H,5-6H2,1H3,(H,17,18). The Morgan fingerprint density at radius 1 is 1.40 bits per heavy atom. The Morgan fingerprint density at radius 3 is 2.60 bits per heavy atom. The Bertz CT molecular complexity index is 582. The lowest BCUT2D eigenvalue weighted by Gasteiger charge is -2.19. The van der Waals surface area contributed by atoms with E-state index in [1.807, 2.05) is 0 Å². The molecule has 106 valence electrons. The van der Waals surface area contributed by atoms with Crippen LogP contribution in [0.25, 0.3) is 0 Å². The third-order valence-corrected chi connectivity index (χ3v) is 3.05. The highest BCUT2D eigenvalue weighted by Crippen LogP contribution is 2.27. The SMILES string of the molecule is COC(=O)c1ccc(C(=O)O)cc1N1CC(O)CC1=O. The molecule has 1 fully saturated rings. The number of rotatable bonds is 3. The zero-order valence-electron chi connectivity index (χ0n) is 10.7. The molecule has 20 heavy (non-hydrogen) atoms. The molecule has 7 nitrogen and oxygen atoms in total. The van der Waals surface area contributed by atoms with Crippen LogP contribution in [0.5, 0.6) is 0 Å². The van der Waals surface area contributed by atoms with Gasteiger partial charge in [0.1, 0.15) is 0 Å². The molecular weight excluding hydrogens is 266 g/mol. The number of methoxy groups -OCH3 is 1. The van der Waals surface area contributed by atoms with E-state index in [9.17, 15) is 19.5 Å². The number of aromatic carboxylic acids is 1. The Hall–Kier alpha value is -2.41. The topological polar surface area (TPSA) is 104 Å². The van der Waals surface area contributed by atoms with Crippen LogP contribution in [0.3, 0.4) is 0 Å². The van der Waals surface area contributed by atoms with Gasteiger partial charge >= 0.3 is 11.9 Å². The first-order chi connectivity index (χ1) is 9.43. The summed E-state index contributed by atoms with van der Waals surface area (Å²) in [5.41, 5.74) is 0.167. The van der Waals surface area contributed by atoms with Gasteiger partial charge in [-0.05, 0) is 18.2 Å². The van der Waals surface area contributed by atoms with Crippen molar-refractivity contribution in [2.24, 2.45) is 0 Å². The average Bonchev–Trinajstić information content (AvgIpc) is 2.76. The molecule has 1 saturated heterocycles. The van der Waals surface area contributed by atoms with E-state index in [4.69, 9.17) is 5.11 Å². The molecule has 2 rings (SSSR count). The summed E-state index contributed by atoms with van der Waals surface area (Å²) in [7, 11) is 1.19. The van der Waals surface area contributed by atoms with Crippen LogP contribution < -0.4 is 4.90 Å². The van der Waals surface area contributed by atoms with E-state index in [0.717, 1.165) is 0 Å². The fourth-order valence-corrected chi connectivity index (χ4v) is 2.09.